The molecule has 3 aromatic rings. The van der Waals surface area contributed by atoms with Crippen LogP contribution in [0.1, 0.15) is 10.4 Å². The molecule has 1 aromatic carbocycles. The molecule has 0 aliphatic heterocycles. The molecule has 0 fully saturated rings. The van der Waals surface area contributed by atoms with Gasteiger partial charge in [0.15, 0.2) is 0 Å². The second-order valence-corrected chi connectivity index (χ2v) is 4.51. The molecule has 6 nitrogen and oxygen atoms in total. The SMILES string of the molecule is O=C(O)c1cccc(Nc2nccc(-c3ccncc3)n2)c1. The molecule has 3 rings (SSSR count). The normalized spacial score (nSPS) is 10.2. The van der Waals surface area contributed by atoms with Gasteiger partial charge in [-0.05, 0) is 36.4 Å². The first kappa shape index (κ1) is 13.7. The Balaban J connectivity index is 1.87. The van der Waals surface area contributed by atoms with Crippen molar-refractivity contribution >= 4 is 17.6 Å². The lowest BCUT2D eigenvalue weighted by Gasteiger charge is -2.07. The number of benzene rings is 1. The van der Waals surface area contributed by atoms with Crippen molar-refractivity contribution in [3.8, 4) is 11.3 Å². The van der Waals surface area contributed by atoms with Crippen molar-refractivity contribution < 1.29 is 9.90 Å². The molecule has 0 amide bonds. The average Bonchev–Trinajstić information content (AvgIpc) is 2.56. The molecule has 0 spiro atoms. The highest BCUT2D eigenvalue weighted by Gasteiger charge is 2.05. The molecule has 0 saturated heterocycles. The van der Waals surface area contributed by atoms with Gasteiger partial charge in [0.2, 0.25) is 5.95 Å². The van der Waals surface area contributed by atoms with Crippen LogP contribution in [0, 0.1) is 0 Å². The Bertz CT molecular complexity index is 806. The fourth-order valence-corrected chi connectivity index (χ4v) is 1.96. The van der Waals surface area contributed by atoms with Gasteiger partial charge < -0.3 is 10.4 Å². The first-order valence-electron chi connectivity index (χ1n) is 6.56. The summed E-state index contributed by atoms with van der Waals surface area (Å²) >= 11 is 0. The predicted octanol–water partition coefficient (Wildman–Crippen LogP) is 2.98. The molecule has 0 radical (unpaired) electrons. The van der Waals surface area contributed by atoms with Crippen LogP contribution in [-0.4, -0.2) is 26.0 Å². The second kappa shape index (κ2) is 6.01. The number of carboxylic acid groups (broad SMARTS) is 1. The van der Waals surface area contributed by atoms with Gasteiger partial charge in [0, 0.05) is 29.8 Å². The van der Waals surface area contributed by atoms with Crippen LogP contribution in [0.3, 0.4) is 0 Å². The van der Waals surface area contributed by atoms with Crippen molar-refractivity contribution in [2.75, 3.05) is 5.32 Å². The van der Waals surface area contributed by atoms with Crippen LogP contribution in [-0.2, 0) is 0 Å². The lowest BCUT2D eigenvalue weighted by molar-refractivity contribution is 0.0697. The second-order valence-electron chi connectivity index (χ2n) is 4.51. The Hall–Kier alpha value is -3.28. The molecule has 0 aliphatic carbocycles. The Morgan fingerprint density at radius 1 is 1.05 bits per heavy atom. The maximum Gasteiger partial charge on any atom is 0.335 e. The zero-order valence-corrected chi connectivity index (χ0v) is 11.5. The summed E-state index contributed by atoms with van der Waals surface area (Å²) in [5.41, 5.74) is 2.51. The van der Waals surface area contributed by atoms with Crippen LogP contribution in [0.2, 0.25) is 0 Å². The van der Waals surface area contributed by atoms with Gasteiger partial charge in [-0.1, -0.05) is 6.07 Å². The van der Waals surface area contributed by atoms with Crippen molar-refractivity contribution in [1.29, 1.82) is 0 Å². The van der Waals surface area contributed by atoms with E-state index in [2.05, 4.69) is 20.3 Å². The van der Waals surface area contributed by atoms with E-state index in [1.165, 1.54) is 12.1 Å². The maximum atomic E-state index is 11.0. The highest BCUT2D eigenvalue weighted by atomic mass is 16.4. The average molecular weight is 292 g/mol. The number of rotatable bonds is 4. The van der Waals surface area contributed by atoms with E-state index in [4.69, 9.17) is 5.11 Å². The minimum Gasteiger partial charge on any atom is -0.478 e. The summed E-state index contributed by atoms with van der Waals surface area (Å²) in [6.07, 6.45) is 5.04. The molecular weight excluding hydrogens is 280 g/mol. The zero-order chi connectivity index (χ0) is 15.4. The summed E-state index contributed by atoms with van der Waals surface area (Å²) in [5, 5.41) is 12.0. The van der Waals surface area contributed by atoms with E-state index < -0.39 is 5.97 Å². The van der Waals surface area contributed by atoms with Gasteiger partial charge in [0.1, 0.15) is 0 Å². The lowest BCUT2D eigenvalue weighted by Crippen LogP contribution is -2.00. The number of nitrogens with one attached hydrogen (secondary N) is 1. The molecule has 22 heavy (non-hydrogen) atoms. The van der Waals surface area contributed by atoms with Crippen LogP contribution in [0.4, 0.5) is 11.6 Å². The van der Waals surface area contributed by atoms with Gasteiger partial charge >= 0.3 is 5.97 Å². The quantitative estimate of drug-likeness (QED) is 0.768. The topological polar surface area (TPSA) is 88.0 Å². The van der Waals surface area contributed by atoms with Gasteiger partial charge in [-0.15, -0.1) is 0 Å². The molecule has 6 heteroatoms. The molecule has 0 aliphatic rings. The fourth-order valence-electron chi connectivity index (χ4n) is 1.96. The Morgan fingerprint density at radius 2 is 1.86 bits per heavy atom. The van der Waals surface area contributed by atoms with E-state index in [0.717, 1.165) is 11.3 Å². The molecule has 0 saturated carbocycles. The summed E-state index contributed by atoms with van der Waals surface area (Å²) in [6.45, 7) is 0. The van der Waals surface area contributed by atoms with Crippen molar-refractivity contribution in [1.82, 2.24) is 15.0 Å². The number of aromatic nitrogens is 3. The number of carboxylic acids is 1. The number of carbonyl (C=O) groups is 1. The van der Waals surface area contributed by atoms with E-state index in [1.54, 1.807) is 36.8 Å². The van der Waals surface area contributed by atoms with Crippen molar-refractivity contribution in [3.63, 3.8) is 0 Å². The summed E-state index contributed by atoms with van der Waals surface area (Å²) in [4.78, 5) is 23.5. The summed E-state index contributed by atoms with van der Waals surface area (Å²) in [6, 6.07) is 12.0. The standard InChI is InChI=1S/C16H12N4O2/c21-15(22)12-2-1-3-13(10-12)19-16-18-9-6-14(20-16)11-4-7-17-8-5-11/h1-10H,(H,21,22)(H,18,19,20). The molecule has 108 valence electrons. The molecule has 0 atom stereocenters. The van der Waals surface area contributed by atoms with Crippen LogP contribution in [0.5, 0.6) is 0 Å². The van der Waals surface area contributed by atoms with E-state index >= 15 is 0 Å². The van der Waals surface area contributed by atoms with Crippen LogP contribution in [0.15, 0.2) is 61.1 Å². The van der Waals surface area contributed by atoms with E-state index in [-0.39, 0.29) is 5.56 Å². The number of nitrogens with zero attached hydrogens (tertiary/aromatic N) is 3. The summed E-state index contributed by atoms with van der Waals surface area (Å²) in [7, 11) is 0. The van der Waals surface area contributed by atoms with Crippen LogP contribution < -0.4 is 5.32 Å². The van der Waals surface area contributed by atoms with Crippen LogP contribution in [0.25, 0.3) is 11.3 Å². The molecule has 2 aromatic heterocycles. The minimum atomic E-state index is -0.977. The van der Waals surface area contributed by atoms with Gasteiger partial charge in [-0.3, -0.25) is 4.98 Å². The Kier molecular flexibility index (Phi) is 3.74. The van der Waals surface area contributed by atoms with Gasteiger partial charge in [0.25, 0.3) is 0 Å². The maximum absolute atomic E-state index is 11.0. The third-order valence-electron chi connectivity index (χ3n) is 3.00. The molecule has 0 bridgehead atoms. The number of aromatic carboxylic acids is 1. The molecule has 2 N–H and O–H groups in total. The van der Waals surface area contributed by atoms with Gasteiger partial charge in [0.05, 0.1) is 11.3 Å². The molecule has 2 heterocycles. The Morgan fingerprint density at radius 3 is 2.64 bits per heavy atom. The summed E-state index contributed by atoms with van der Waals surface area (Å²) < 4.78 is 0. The largest absolute Gasteiger partial charge is 0.478 e. The van der Waals surface area contributed by atoms with E-state index in [0.29, 0.717) is 11.6 Å². The number of hydrogen-bond acceptors (Lipinski definition) is 5. The van der Waals surface area contributed by atoms with Crippen molar-refractivity contribution in [2.45, 2.75) is 0 Å². The third-order valence-corrected chi connectivity index (χ3v) is 3.00. The number of anilines is 2. The van der Waals surface area contributed by atoms with Gasteiger partial charge in [-0.25, -0.2) is 14.8 Å². The first-order valence-corrected chi connectivity index (χ1v) is 6.56. The first-order chi connectivity index (χ1) is 10.7. The monoisotopic (exact) mass is 292 g/mol. The third kappa shape index (κ3) is 3.06. The number of pyridine rings is 1. The van der Waals surface area contributed by atoms with Crippen molar-refractivity contribution in [3.05, 3.63) is 66.6 Å². The van der Waals surface area contributed by atoms with Crippen molar-refractivity contribution in [2.24, 2.45) is 0 Å². The highest BCUT2D eigenvalue weighted by molar-refractivity contribution is 5.89. The number of hydrogen-bond donors (Lipinski definition) is 2. The zero-order valence-electron chi connectivity index (χ0n) is 11.5. The predicted molar refractivity (Wildman–Crippen MR) is 81.9 cm³/mol. The van der Waals surface area contributed by atoms with Gasteiger partial charge in [-0.2, -0.15) is 0 Å². The molecular formula is C16H12N4O2. The minimum absolute atomic E-state index is 0.204. The highest BCUT2D eigenvalue weighted by Crippen LogP contribution is 2.19. The van der Waals surface area contributed by atoms with Crippen LogP contribution >= 0.6 is 0 Å². The Labute approximate surface area is 126 Å². The summed E-state index contributed by atoms with van der Waals surface area (Å²) in [5.74, 6) is -0.577. The fraction of sp³-hybridized carbons (Fsp3) is 0. The molecule has 0 unspecified atom stereocenters. The lowest BCUT2D eigenvalue weighted by atomic mass is 10.2. The van der Waals surface area contributed by atoms with E-state index in [9.17, 15) is 4.79 Å². The smallest absolute Gasteiger partial charge is 0.335 e. The van der Waals surface area contributed by atoms with E-state index in [1.807, 2.05) is 12.1 Å².